The second-order valence-electron chi connectivity index (χ2n) is 7.11. The average molecular weight is 454 g/mol. The summed E-state index contributed by atoms with van der Waals surface area (Å²) < 4.78 is 28.6. The Morgan fingerprint density at radius 2 is 1.93 bits per heavy atom. The molecule has 0 spiro atoms. The molecule has 2 heterocycles. The van der Waals surface area contributed by atoms with Crippen LogP contribution in [0.25, 0.3) is 0 Å². The summed E-state index contributed by atoms with van der Waals surface area (Å²) in [5, 5.41) is 7.07. The monoisotopic (exact) mass is 453 g/mol. The molecule has 1 saturated heterocycles. The molecule has 1 fully saturated rings. The Hall–Kier alpha value is -2.43. The number of nitrogens with one attached hydrogen (secondary N) is 2. The molecular formula is C19H24ClN5O4S. The molecule has 0 unspecified atom stereocenters. The predicted molar refractivity (Wildman–Crippen MR) is 112 cm³/mol. The highest BCUT2D eigenvalue weighted by molar-refractivity contribution is 7.89. The Morgan fingerprint density at radius 1 is 1.23 bits per heavy atom. The van der Waals surface area contributed by atoms with Gasteiger partial charge in [0.05, 0.1) is 16.8 Å². The normalized spacial score (nSPS) is 15.2. The fraction of sp³-hybridized carbons (Fsp3) is 0.421. The van der Waals surface area contributed by atoms with Gasteiger partial charge >= 0.3 is 0 Å². The maximum absolute atomic E-state index is 12.4. The van der Waals surface area contributed by atoms with Gasteiger partial charge in [0.1, 0.15) is 4.90 Å². The molecule has 1 aromatic carbocycles. The Morgan fingerprint density at radius 3 is 2.57 bits per heavy atom. The molecule has 30 heavy (non-hydrogen) atoms. The topological polar surface area (TPSA) is 113 Å². The van der Waals surface area contributed by atoms with Crippen molar-refractivity contribution in [3.63, 3.8) is 0 Å². The maximum atomic E-state index is 12.4. The molecule has 1 aromatic heterocycles. The number of halogens is 1. The summed E-state index contributed by atoms with van der Waals surface area (Å²) in [6.45, 7) is 1.01. The fourth-order valence-corrected chi connectivity index (χ4v) is 4.82. The van der Waals surface area contributed by atoms with Crippen molar-refractivity contribution in [2.45, 2.75) is 30.2 Å². The summed E-state index contributed by atoms with van der Waals surface area (Å²) in [5.41, 5.74) is 0.502. The first-order valence-electron chi connectivity index (χ1n) is 9.58. The minimum absolute atomic E-state index is 0.00986. The Kier molecular flexibility index (Phi) is 7.11. The SMILES string of the molecule is Cn1cc(C(=O)NC2CCN(C(=O)CCNS(=O)(=O)c3ccccc3Cl)CC2)cn1. The Balaban J connectivity index is 1.42. The van der Waals surface area contributed by atoms with Crippen molar-refractivity contribution < 1.29 is 18.0 Å². The molecule has 2 amide bonds. The minimum Gasteiger partial charge on any atom is -0.349 e. The van der Waals surface area contributed by atoms with Gasteiger partial charge < -0.3 is 10.2 Å². The predicted octanol–water partition coefficient (Wildman–Crippen LogP) is 1.16. The number of piperidine rings is 1. The summed E-state index contributed by atoms with van der Waals surface area (Å²) in [6, 6.07) is 6.13. The van der Waals surface area contributed by atoms with Crippen LogP contribution in [0.4, 0.5) is 0 Å². The molecule has 0 saturated carbocycles. The zero-order chi connectivity index (χ0) is 21.7. The molecule has 9 nitrogen and oxygen atoms in total. The number of aryl methyl sites for hydroxylation is 1. The first-order chi connectivity index (χ1) is 14.3. The van der Waals surface area contributed by atoms with Gasteiger partial charge in [-0.2, -0.15) is 5.10 Å². The lowest BCUT2D eigenvalue weighted by Crippen LogP contribution is -2.47. The quantitative estimate of drug-likeness (QED) is 0.653. The zero-order valence-electron chi connectivity index (χ0n) is 16.5. The molecule has 3 rings (SSSR count). The van der Waals surface area contributed by atoms with E-state index in [4.69, 9.17) is 11.6 Å². The second kappa shape index (κ2) is 9.59. The molecule has 162 valence electrons. The molecule has 2 aromatic rings. The van der Waals surface area contributed by atoms with Crippen molar-refractivity contribution in [1.29, 1.82) is 0 Å². The minimum atomic E-state index is -3.77. The summed E-state index contributed by atoms with van der Waals surface area (Å²) in [4.78, 5) is 26.3. The van der Waals surface area contributed by atoms with Crippen LogP contribution >= 0.6 is 11.6 Å². The van der Waals surface area contributed by atoms with E-state index in [0.717, 1.165) is 0 Å². The van der Waals surface area contributed by atoms with E-state index in [1.54, 1.807) is 35.0 Å². The number of hydrogen-bond donors (Lipinski definition) is 2. The van der Waals surface area contributed by atoms with Crippen LogP contribution in [0, 0.1) is 0 Å². The van der Waals surface area contributed by atoms with E-state index in [0.29, 0.717) is 31.5 Å². The van der Waals surface area contributed by atoms with Crippen LogP contribution in [0.1, 0.15) is 29.6 Å². The van der Waals surface area contributed by atoms with Crippen LogP contribution in [-0.2, 0) is 21.9 Å². The van der Waals surface area contributed by atoms with Crippen LogP contribution in [0.2, 0.25) is 5.02 Å². The second-order valence-corrected chi connectivity index (χ2v) is 9.25. The molecule has 11 heteroatoms. The van der Waals surface area contributed by atoms with Gasteiger partial charge in [-0.25, -0.2) is 13.1 Å². The van der Waals surface area contributed by atoms with Crippen LogP contribution in [0.5, 0.6) is 0 Å². The van der Waals surface area contributed by atoms with Crippen LogP contribution < -0.4 is 10.0 Å². The van der Waals surface area contributed by atoms with Crippen molar-refractivity contribution >= 4 is 33.4 Å². The van der Waals surface area contributed by atoms with Gasteiger partial charge in [0.25, 0.3) is 5.91 Å². The largest absolute Gasteiger partial charge is 0.349 e. The van der Waals surface area contributed by atoms with E-state index >= 15 is 0 Å². The molecule has 0 radical (unpaired) electrons. The van der Waals surface area contributed by atoms with E-state index in [2.05, 4.69) is 15.1 Å². The van der Waals surface area contributed by atoms with Gasteiger partial charge in [-0.05, 0) is 25.0 Å². The van der Waals surface area contributed by atoms with Crippen molar-refractivity contribution in [2.24, 2.45) is 7.05 Å². The summed E-state index contributed by atoms with van der Waals surface area (Å²) >= 11 is 5.93. The van der Waals surface area contributed by atoms with Gasteiger partial charge in [-0.1, -0.05) is 23.7 Å². The van der Waals surface area contributed by atoms with Gasteiger partial charge in [-0.3, -0.25) is 14.3 Å². The lowest BCUT2D eigenvalue weighted by Gasteiger charge is -2.32. The van der Waals surface area contributed by atoms with Gasteiger partial charge in [-0.15, -0.1) is 0 Å². The third kappa shape index (κ3) is 5.59. The van der Waals surface area contributed by atoms with Crippen LogP contribution in [0.3, 0.4) is 0 Å². The molecule has 0 aliphatic carbocycles. The van der Waals surface area contributed by atoms with E-state index < -0.39 is 10.0 Å². The first-order valence-corrected chi connectivity index (χ1v) is 11.4. The lowest BCUT2D eigenvalue weighted by molar-refractivity contribution is -0.132. The molecule has 2 N–H and O–H groups in total. The zero-order valence-corrected chi connectivity index (χ0v) is 18.1. The highest BCUT2D eigenvalue weighted by Crippen LogP contribution is 2.20. The number of amides is 2. The van der Waals surface area contributed by atoms with Gasteiger partial charge in [0.15, 0.2) is 0 Å². The number of rotatable bonds is 7. The number of benzene rings is 1. The van der Waals surface area contributed by atoms with Gasteiger partial charge in [0, 0.05) is 45.3 Å². The summed E-state index contributed by atoms with van der Waals surface area (Å²) in [6.07, 6.45) is 4.50. The standard InChI is InChI=1S/C19H24ClN5O4S/c1-24-13-14(12-21-24)19(27)23-15-7-10-25(11-8-15)18(26)6-9-22-30(28,29)17-5-3-2-4-16(17)20/h2-5,12-13,15,22H,6-11H2,1H3,(H,23,27). The van der Waals surface area contributed by atoms with Crippen molar-refractivity contribution in [3.8, 4) is 0 Å². The fourth-order valence-electron chi connectivity index (χ4n) is 3.27. The third-order valence-electron chi connectivity index (χ3n) is 4.91. The van der Waals surface area contributed by atoms with Crippen molar-refractivity contribution in [3.05, 3.63) is 47.2 Å². The molecule has 0 atom stereocenters. The van der Waals surface area contributed by atoms with Crippen LogP contribution in [-0.4, -0.2) is 60.6 Å². The maximum Gasteiger partial charge on any atom is 0.254 e. The van der Waals surface area contributed by atoms with Gasteiger partial charge in [0.2, 0.25) is 15.9 Å². The van der Waals surface area contributed by atoms with Crippen molar-refractivity contribution in [2.75, 3.05) is 19.6 Å². The Labute approximate surface area is 180 Å². The number of carbonyl (C=O) groups excluding carboxylic acids is 2. The smallest absolute Gasteiger partial charge is 0.254 e. The van der Waals surface area contributed by atoms with E-state index in [9.17, 15) is 18.0 Å². The molecule has 1 aliphatic rings. The molecule has 0 bridgehead atoms. The number of aromatic nitrogens is 2. The number of likely N-dealkylation sites (tertiary alicyclic amines) is 1. The molecular weight excluding hydrogens is 430 g/mol. The number of hydrogen-bond acceptors (Lipinski definition) is 5. The summed E-state index contributed by atoms with van der Waals surface area (Å²) in [5.74, 6) is -0.309. The first kappa shape index (κ1) is 22.3. The van der Waals surface area contributed by atoms with E-state index in [1.807, 2.05) is 0 Å². The number of sulfonamides is 1. The van der Waals surface area contributed by atoms with Crippen LogP contribution in [0.15, 0.2) is 41.6 Å². The third-order valence-corrected chi connectivity index (χ3v) is 6.87. The highest BCUT2D eigenvalue weighted by Gasteiger charge is 2.25. The van der Waals surface area contributed by atoms with Crippen molar-refractivity contribution in [1.82, 2.24) is 24.7 Å². The highest BCUT2D eigenvalue weighted by atomic mass is 35.5. The lowest BCUT2D eigenvalue weighted by atomic mass is 10.0. The number of nitrogens with zero attached hydrogens (tertiary/aromatic N) is 3. The Bertz CT molecular complexity index is 1020. The molecule has 1 aliphatic heterocycles. The average Bonchev–Trinajstić information content (AvgIpc) is 3.15. The van der Waals surface area contributed by atoms with E-state index in [1.165, 1.54) is 18.3 Å². The number of carbonyl (C=O) groups is 2. The summed E-state index contributed by atoms with van der Waals surface area (Å²) in [7, 11) is -2.03. The van der Waals surface area contributed by atoms with E-state index in [-0.39, 0.29) is 40.7 Å².